The van der Waals surface area contributed by atoms with Crippen molar-refractivity contribution in [3.05, 3.63) is 50.6 Å². The zero-order chi connectivity index (χ0) is 12.7. The number of hydrogen-bond donors (Lipinski definition) is 1. The number of carbonyl (C=O) groups is 1. The Hall–Kier alpha value is -1.33. The molecule has 1 aliphatic heterocycles. The maximum Gasteiger partial charge on any atom is 0.255 e. The Kier molecular flexibility index (Phi) is 2.87. The van der Waals surface area contributed by atoms with Crippen LogP contribution in [0.25, 0.3) is 0 Å². The number of halogens is 1. The normalized spacial score (nSPS) is 18.4. The Morgan fingerprint density at radius 2 is 2.17 bits per heavy atom. The van der Waals surface area contributed by atoms with Gasteiger partial charge in [-0.25, -0.2) is 0 Å². The van der Waals surface area contributed by atoms with Crippen LogP contribution < -0.4 is 10.2 Å². The summed E-state index contributed by atoms with van der Waals surface area (Å²) in [7, 11) is 2.00. The molecule has 2 aromatic rings. The number of hydrogen-bond acceptors (Lipinski definition) is 3. The van der Waals surface area contributed by atoms with Crippen molar-refractivity contribution in [2.45, 2.75) is 6.17 Å². The van der Waals surface area contributed by atoms with E-state index in [4.69, 9.17) is 0 Å². The second-order valence-electron chi connectivity index (χ2n) is 4.17. The quantitative estimate of drug-likeness (QED) is 0.872. The Balaban J connectivity index is 2.04. The van der Waals surface area contributed by atoms with Gasteiger partial charge in [-0.1, -0.05) is 12.1 Å². The molecule has 3 nitrogen and oxygen atoms in total. The first-order chi connectivity index (χ1) is 8.66. The third-order valence-electron chi connectivity index (χ3n) is 3.04. The zero-order valence-electron chi connectivity index (χ0n) is 9.68. The molecule has 1 aliphatic rings. The van der Waals surface area contributed by atoms with E-state index < -0.39 is 0 Å². The molecular formula is C13H11BrN2OS. The molecule has 0 fully saturated rings. The molecule has 92 valence electrons. The van der Waals surface area contributed by atoms with Crippen LogP contribution in [0.15, 0.2) is 40.2 Å². The molecule has 1 atom stereocenters. The zero-order valence-corrected chi connectivity index (χ0v) is 12.1. The van der Waals surface area contributed by atoms with Crippen LogP contribution in [0.1, 0.15) is 21.4 Å². The molecule has 0 radical (unpaired) electrons. The third kappa shape index (κ3) is 1.83. The van der Waals surface area contributed by atoms with Crippen LogP contribution in [-0.2, 0) is 0 Å². The van der Waals surface area contributed by atoms with Crippen molar-refractivity contribution < 1.29 is 4.79 Å². The molecule has 0 aliphatic carbocycles. The van der Waals surface area contributed by atoms with E-state index in [0.29, 0.717) is 0 Å². The summed E-state index contributed by atoms with van der Waals surface area (Å²) in [6, 6.07) is 9.70. The second-order valence-corrected chi connectivity index (χ2v) is 6.03. The minimum absolute atomic E-state index is 0.0155. The highest BCUT2D eigenvalue weighted by Crippen LogP contribution is 2.34. The van der Waals surface area contributed by atoms with Gasteiger partial charge < -0.3 is 10.2 Å². The van der Waals surface area contributed by atoms with E-state index in [9.17, 15) is 4.79 Å². The lowest BCUT2D eigenvalue weighted by molar-refractivity contribution is 0.0929. The Morgan fingerprint density at radius 1 is 1.39 bits per heavy atom. The Morgan fingerprint density at radius 3 is 2.89 bits per heavy atom. The van der Waals surface area contributed by atoms with Crippen molar-refractivity contribution in [3.63, 3.8) is 0 Å². The molecule has 0 saturated carbocycles. The predicted molar refractivity (Wildman–Crippen MR) is 77.1 cm³/mol. The minimum Gasteiger partial charge on any atom is -0.349 e. The van der Waals surface area contributed by atoms with E-state index in [1.54, 1.807) is 11.3 Å². The van der Waals surface area contributed by atoms with Gasteiger partial charge in [-0.3, -0.25) is 4.79 Å². The molecule has 1 unspecified atom stereocenters. The maximum atomic E-state index is 12.1. The van der Waals surface area contributed by atoms with E-state index in [-0.39, 0.29) is 12.1 Å². The van der Waals surface area contributed by atoms with Crippen molar-refractivity contribution in [1.82, 2.24) is 5.32 Å². The summed E-state index contributed by atoms with van der Waals surface area (Å²) >= 11 is 5.08. The average molecular weight is 323 g/mol. The van der Waals surface area contributed by atoms with E-state index in [0.717, 1.165) is 20.6 Å². The average Bonchev–Trinajstić information content (AvgIpc) is 2.80. The van der Waals surface area contributed by atoms with Crippen LogP contribution in [0.5, 0.6) is 0 Å². The van der Waals surface area contributed by atoms with Crippen molar-refractivity contribution in [1.29, 1.82) is 0 Å². The maximum absolute atomic E-state index is 12.1. The fraction of sp³-hybridized carbons (Fsp3) is 0.154. The first-order valence-electron chi connectivity index (χ1n) is 5.53. The summed E-state index contributed by atoms with van der Waals surface area (Å²) in [5, 5.41) is 5.05. The molecule has 0 spiro atoms. The standard InChI is InChI=1S/C13H11BrN2OS/c1-16-10-5-3-2-4-9(10)13(17)15-12(16)11-6-8(14)7-18-11/h2-7,12H,1H3,(H,15,17). The molecule has 0 bridgehead atoms. The fourth-order valence-electron chi connectivity index (χ4n) is 2.14. The highest BCUT2D eigenvalue weighted by molar-refractivity contribution is 9.10. The number of benzene rings is 1. The van der Waals surface area contributed by atoms with E-state index in [2.05, 4.69) is 26.1 Å². The van der Waals surface area contributed by atoms with Crippen LogP contribution in [0.4, 0.5) is 5.69 Å². The summed E-state index contributed by atoms with van der Waals surface area (Å²) in [5.74, 6) is -0.0155. The summed E-state index contributed by atoms with van der Waals surface area (Å²) in [4.78, 5) is 15.3. The van der Waals surface area contributed by atoms with E-state index >= 15 is 0 Å². The largest absolute Gasteiger partial charge is 0.349 e. The number of nitrogens with zero attached hydrogens (tertiary/aromatic N) is 1. The molecule has 1 aromatic heterocycles. The van der Waals surface area contributed by atoms with Crippen molar-refractivity contribution in [2.75, 3.05) is 11.9 Å². The molecule has 5 heteroatoms. The fourth-order valence-corrected chi connectivity index (χ4v) is 3.68. The Bertz CT molecular complexity index is 611. The topological polar surface area (TPSA) is 32.3 Å². The highest BCUT2D eigenvalue weighted by atomic mass is 79.9. The number of para-hydroxylation sites is 1. The monoisotopic (exact) mass is 322 g/mol. The van der Waals surface area contributed by atoms with Crippen molar-refractivity contribution in [3.8, 4) is 0 Å². The summed E-state index contributed by atoms with van der Waals surface area (Å²) < 4.78 is 1.05. The number of fused-ring (bicyclic) bond motifs is 1. The summed E-state index contributed by atoms with van der Waals surface area (Å²) in [6.07, 6.45) is -0.0938. The lowest BCUT2D eigenvalue weighted by Gasteiger charge is -2.35. The SMILES string of the molecule is CN1c2ccccc2C(=O)NC1c1cc(Br)cs1. The molecule has 2 heterocycles. The first-order valence-corrected chi connectivity index (χ1v) is 7.21. The number of carbonyl (C=O) groups excluding carboxylic acids is 1. The van der Waals surface area contributed by atoms with Gasteiger partial charge in [0.25, 0.3) is 5.91 Å². The van der Waals surface area contributed by atoms with Gasteiger partial charge in [0.1, 0.15) is 6.17 Å². The Labute approximate surface area is 118 Å². The van der Waals surface area contributed by atoms with Crippen LogP contribution in [0, 0.1) is 0 Å². The van der Waals surface area contributed by atoms with Crippen LogP contribution in [-0.4, -0.2) is 13.0 Å². The lowest BCUT2D eigenvalue weighted by Crippen LogP contribution is -2.44. The number of anilines is 1. The van der Waals surface area contributed by atoms with Crippen LogP contribution >= 0.6 is 27.3 Å². The number of amides is 1. The van der Waals surface area contributed by atoms with Gasteiger partial charge in [0.05, 0.1) is 11.3 Å². The number of rotatable bonds is 1. The predicted octanol–water partition coefficient (Wildman–Crippen LogP) is 3.39. The number of thiophene rings is 1. The molecule has 1 amide bonds. The van der Waals surface area contributed by atoms with Crippen molar-refractivity contribution in [2.24, 2.45) is 0 Å². The van der Waals surface area contributed by atoms with Gasteiger partial charge in [-0.15, -0.1) is 11.3 Å². The van der Waals surface area contributed by atoms with Crippen LogP contribution in [0.3, 0.4) is 0 Å². The molecule has 0 saturated heterocycles. The molecule has 1 aromatic carbocycles. The first kappa shape index (κ1) is 11.7. The lowest BCUT2D eigenvalue weighted by atomic mass is 10.1. The molecular weight excluding hydrogens is 312 g/mol. The molecule has 3 rings (SSSR count). The minimum atomic E-state index is -0.0938. The van der Waals surface area contributed by atoms with Gasteiger partial charge in [0, 0.05) is 21.8 Å². The van der Waals surface area contributed by atoms with Gasteiger partial charge in [0.15, 0.2) is 0 Å². The number of nitrogens with one attached hydrogen (secondary N) is 1. The third-order valence-corrected chi connectivity index (χ3v) is 4.79. The molecule has 1 N–H and O–H groups in total. The van der Waals surface area contributed by atoms with E-state index in [1.165, 1.54) is 0 Å². The van der Waals surface area contributed by atoms with Gasteiger partial charge in [-0.2, -0.15) is 0 Å². The molecule has 18 heavy (non-hydrogen) atoms. The summed E-state index contributed by atoms with van der Waals surface area (Å²) in [6.45, 7) is 0. The van der Waals surface area contributed by atoms with Crippen molar-refractivity contribution >= 4 is 38.9 Å². The van der Waals surface area contributed by atoms with E-state index in [1.807, 2.05) is 42.8 Å². The smallest absolute Gasteiger partial charge is 0.255 e. The second kappa shape index (κ2) is 4.40. The van der Waals surface area contributed by atoms with Crippen LogP contribution in [0.2, 0.25) is 0 Å². The van der Waals surface area contributed by atoms with Gasteiger partial charge in [-0.05, 0) is 34.1 Å². The summed E-state index contributed by atoms with van der Waals surface area (Å²) in [5.41, 5.74) is 1.70. The van der Waals surface area contributed by atoms with Gasteiger partial charge in [0.2, 0.25) is 0 Å². The van der Waals surface area contributed by atoms with Gasteiger partial charge >= 0.3 is 0 Å². The highest BCUT2D eigenvalue weighted by Gasteiger charge is 2.29.